The summed E-state index contributed by atoms with van der Waals surface area (Å²) >= 11 is 0. The molecule has 3 rings (SSSR count). The molecule has 6 heteroatoms. The van der Waals surface area contributed by atoms with E-state index >= 15 is 0 Å². The molecule has 0 bridgehead atoms. The zero-order chi connectivity index (χ0) is 21.5. The van der Waals surface area contributed by atoms with E-state index in [0.717, 1.165) is 57.5 Å². The summed E-state index contributed by atoms with van der Waals surface area (Å²) in [6.07, 6.45) is 5.32. The monoisotopic (exact) mass is 416 g/mol. The largest absolute Gasteiger partial charge is 0.493 e. The maximum Gasteiger partial charge on any atom is 0.260 e. The lowest BCUT2D eigenvalue weighted by Crippen LogP contribution is -2.49. The predicted molar refractivity (Wildman–Crippen MR) is 118 cm³/mol. The number of hydrogen-bond donors (Lipinski definition) is 0. The van der Waals surface area contributed by atoms with E-state index in [0.29, 0.717) is 29.6 Å². The molecule has 1 amide bonds. The number of piperidine rings is 1. The molecule has 1 aromatic rings. The molecule has 6 nitrogen and oxygen atoms in total. The van der Waals surface area contributed by atoms with Gasteiger partial charge < -0.3 is 19.1 Å². The minimum absolute atomic E-state index is 0.0410. The van der Waals surface area contributed by atoms with Crippen molar-refractivity contribution in [1.29, 1.82) is 0 Å². The third-order valence-electron chi connectivity index (χ3n) is 5.94. The molecule has 2 saturated heterocycles. The molecule has 2 atom stereocenters. The van der Waals surface area contributed by atoms with Crippen molar-refractivity contribution in [3.8, 4) is 11.5 Å². The highest BCUT2D eigenvalue weighted by molar-refractivity contribution is 5.78. The lowest BCUT2D eigenvalue weighted by atomic mass is 9.95. The van der Waals surface area contributed by atoms with Gasteiger partial charge >= 0.3 is 0 Å². The standard InChI is InChI=1S/C24H36N2O4/c1-5-6-20-7-8-22(23(13-20)28-4)29-17-24(27)26-11-9-21(10-12-26)16-25-14-18(2)30-19(3)15-25/h5,7-8,13,18-19,21H,1,6,9-12,14-17H2,2-4H3. The number of methoxy groups -OCH3 is 1. The highest BCUT2D eigenvalue weighted by Gasteiger charge is 2.28. The van der Waals surface area contributed by atoms with Gasteiger partial charge in [-0.05, 0) is 56.7 Å². The SMILES string of the molecule is C=CCc1ccc(OCC(=O)N2CCC(CN3CC(C)OC(C)C3)CC2)c(OC)c1. The van der Waals surface area contributed by atoms with Gasteiger partial charge in [0.25, 0.3) is 5.91 Å². The predicted octanol–water partition coefficient (Wildman–Crippen LogP) is 3.15. The summed E-state index contributed by atoms with van der Waals surface area (Å²) in [6.45, 7) is 12.8. The first kappa shape index (κ1) is 22.6. The lowest BCUT2D eigenvalue weighted by molar-refractivity contribution is -0.135. The summed E-state index contributed by atoms with van der Waals surface area (Å²) in [5, 5.41) is 0. The van der Waals surface area contributed by atoms with Gasteiger partial charge in [0.05, 0.1) is 19.3 Å². The molecule has 0 saturated carbocycles. The summed E-state index contributed by atoms with van der Waals surface area (Å²) < 4.78 is 17.0. The first-order valence-electron chi connectivity index (χ1n) is 11.0. The van der Waals surface area contributed by atoms with E-state index in [4.69, 9.17) is 14.2 Å². The van der Waals surface area contributed by atoms with E-state index in [9.17, 15) is 4.79 Å². The molecule has 0 N–H and O–H groups in total. The van der Waals surface area contributed by atoms with Gasteiger partial charge in [0.15, 0.2) is 18.1 Å². The van der Waals surface area contributed by atoms with Gasteiger partial charge in [0.1, 0.15) is 0 Å². The number of allylic oxidation sites excluding steroid dienone is 1. The molecule has 0 aromatic heterocycles. The number of likely N-dealkylation sites (tertiary alicyclic amines) is 1. The number of carbonyl (C=O) groups excluding carboxylic acids is 1. The Morgan fingerprint density at radius 3 is 2.53 bits per heavy atom. The van der Waals surface area contributed by atoms with Crippen LogP contribution in [0.5, 0.6) is 11.5 Å². The Morgan fingerprint density at radius 2 is 1.90 bits per heavy atom. The van der Waals surface area contributed by atoms with Crippen molar-refractivity contribution in [2.75, 3.05) is 46.4 Å². The second kappa shape index (κ2) is 10.8. The molecule has 0 spiro atoms. The van der Waals surface area contributed by atoms with E-state index in [1.165, 1.54) is 0 Å². The maximum atomic E-state index is 12.6. The molecule has 2 heterocycles. The van der Waals surface area contributed by atoms with E-state index in [2.05, 4.69) is 25.3 Å². The number of carbonyl (C=O) groups is 1. The lowest BCUT2D eigenvalue weighted by Gasteiger charge is -2.39. The molecule has 0 radical (unpaired) electrons. The van der Waals surface area contributed by atoms with Crippen molar-refractivity contribution in [1.82, 2.24) is 9.80 Å². The Bertz CT molecular complexity index is 705. The fourth-order valence-corrected chi connectivity index (χ4v) is 4.52. The van der Waals surface area contributed by atoms with Gasteiger partial charge in [-0.2, -0.15) is 0 Å². The van der Waals surface area contributed by atoms with E-state index in [-0.39, 0.29) is 12.5 Å². The number of hydrogen-bond acceptors (Lipinski definition) is 5. The van der Waals surface area contributed by atoms with Gasteiger partial charge in [0.2, 0.25) is 0 Å². The zero-order valence-corrected chi connectivity index (χ0v) is 18.6. The Hall–Kier alpha value is -2.05. The van der Waals surface area contributed by atoms with Crippen molar-refractivity contribution < 1.29 is 19.0 Å². The highest BCUT2D eigenvalue weighted by Crippen LogP contribution is 2.28. The van der Waals surface area contributed by atoms with Crippen LogP contribution in [0.1, 0.15) is 32.3 Å². The van der Waals surface area contributed by atoms with Crippen LogP contribution in [0.25, 0.3) is 0 Å². The number of rotatable bonds is 8. The molecule has 2 fully saturated rings. The second-order valence-corrected chi connectivity index (χ2v) is 8.57. The second-order valence-electron chi connectivity index (χ2n) is 8.57. The van der Waals surface area contributed by atoms with Gasteiger partial charge in [0, 0.05) is 32.7 Å². The molecule has 166 valence electrons. The van der Waals surface area contributed by atoms with Crippen molar-refractivity contribution in [3.05, 3.63) is 36.4 Å². The number of morpholine rings is 1. The number of amides is 1. The summed E-state index contributed by atoms with van der Waals surface area (Å²) in [6, 6.07) is 5.77. The van der Waals surface area contributed by atoms with Gasteiger partial charge in [-0.1, -0.05) is 12.1 Å². The van der Waals surface area contributed by atoms with Crippen molar-refractivity contribution in [2.24, 2.45) is 5.92 Å². The van der Waals surface area contributed by atoms with Crippen LogP contribution in [0, 0.1) is 5.92 Å². The van der Waals surface area contributed by atoms with Crippen LogP contribution in [0.4, 0.5) is 0 Å². The quantitative estimate of drug-likeness (QED) is 0.610. The smallest absolute Gasteiger partial charge is 0.260 e. The van der Waals surface area contributed by atoms with Crippen molar-refractivity contribution in [3.63, 3.8) is 0 Å². The van der Waals surface area contributed by atoms with Gasteiger partial charge in [-0.3, -0.25) is 9.69 Å². The van der Waals surface area contributed by atoms with Gasteiger partial charge in [-0.25, -0.2) is 0 Å². The summed E-state index contributed by atoms with van der Waals surface area (Å²) in [7, 11) is 1.61. The molecule has 2 aliphatic heterocycles. The molecule has 30 heavy (non-hydrogen) atoms. The Balaban J connectivity index is 1.44. The van der Waals surface area contributed by atoms with E-state index in [1.807, 2.05) is 29.2 Å². The average Bonchev–Trinajstić information content (AvgIpc) is 2.72. The fraction of sp³-hybridized carbons (Fsp3) is 0.625. The molecular weight excluding hydrogens is 380 g/mol. The van der Waals surface area contributed by atoms with Crippen molar-refractivity contribution >= 4 is 5.91 Å². The number of benzene rings is 1. The van der Waals surface area contributed by atoms with Crippen LogP contribution < -0.4 is 9.47 Å². The van der Waals surface area contributed by atoms with E-state index in [1.54, 1.807) is 7.11 Å². The summed E-state index contributed by atoms with van der Waals surface area (Å²) in [4.78, 5) is 17.1. The van der Waals surface area contributed by atoms with Crippen LogP contribution in [0.15, 0.2) is 30.9 Å². The topological polar surface area (TPSA) is 51.2 Å². The van der Waals surface area contributed by atoms with Crippen molar-refractivity contribution in [2.45, 2.75) is 45.3 Å². The van der Waals surface area contributed by atoms with Crippen LogP contribution in [0.3, 0.4) is 0 Å². The molecular formula is C24H36N2O4. The molecule has 0 aliphatic carbocycles. The Labute approximate surface area is 180 Å². The molecule has 2 aliphatic rings. The third kappa shape index (κ3) is 6.22. The van der Waals surface area contributed by atoms with Crippen LogP contribution in [-0.2, 0) is 16.0 Å². The Morgan fingerprint density at radius 1 is 1.20 bits per heavy atom. The highest BCUT2D eigenvalue weighted by atomic mass is 16.5. The normalized spacial score (nSPS) is 23.2. The maximum absolute atomic E-state index is 12.6. The minimum atomic E-state index is 0.0410. The van der Waals surface area contributed by atoms with Crippen LogP contribution in [-0.4, -0.2) is 74.4 Å². The number of nitrogens with zero attached hydrogens (tertiary/aromatic N) is 2. The molecule has 2 unspecified atom stereocenters. The first-order valence-corrected chi connectivity index (χ1v) is 11.0. The zero-order valence-electron chi connectivity index (χ0n) is 18.6. The van der Waals surface area contributed by atoms with E-state index < -0.39 is 0 Å². The van der Waals surface area contributed by atoms with Crippen LogP contribution in [0.2, 0.25) is 0 Å². The first-order chi connectivity index (χ1) is 14.5. The summed E-state index contributed by atoms with van der Waals surface area (Å²) in [5.41, 5.74) is 1.10. The number of ether oxygens (including phenoxy) is 3. The van der Waals surface area contributed by atoms with Gasteiger partial charge in [-0.15, -0.1) is 6.58 Å². The summed E-state index contributed by atoms with van der Waals surface area (Å²) in [5.74, 6) is 1.93. The fourth-order valence-electron chi connectivity index (χ4n) is 4.52. The average molecular weight is 417 g/mol. The minimum Gasteiger partial charge on any atom is -0.493 e. The third-order valence-corrected chi connectivity index (χ3v) is 5.94. The van der Waals surface area contributed by atoms with Crippen LogP contribution >= 0.6 is 0 Å². The molecule has 1 aromatic carbocycles. The Kier molecular flexibility index (Phi) is 8.16.